The van der Waals surface area contributed by atoms with Gasteiger partial charge in [0.2, 0.25) is 0 Å². The fraction of sp³-hybridized carbons (Fsp3) is 0.318. The molecule has 4 nitrogen and oxygen atoms in total. The van der Waals surface area contributed by atoms with E-state index in [1.807, 2.05) is 63.2 Å². The van der Waals surface area contributed by atoms with Gasteiger partial charge in [0.05, 0.1) is 0 Å². The molecule has 26 heavy (non-hydrogen) atoms. The third kappa shape index (κ3) is 7.21. The minimum atomic E-state index is -0.590. The molecule has 0 aliphatic heterocycles. The first-order chi connectivity index (χ1) is 12.3. The SMILES string of the molecule is CC(C)(C)NCC(O)COc1cccc(/C=C/C(=O)c2ccccc2)c1. The Kier molecular flexibility index (Phi) is 7.13. The van der Waals surface area contributed by atoms with Crippen LogP contribution in [-0.2, 0) is 0 Å². The normalized spacial score (nSPS) is 12.9. The Balaban J connectivity index is 1.89. The summed E-state index contributed by atoms with van der Waals surface area (Å²) in [6.45, 7) is 6.82. The van der Waals surface area contributed by atoms with Crippen molar-refractivity contribution in [3.05, 3.63) is 71.8 Å². The maximum atomic E-state index is 12.1. The van der Waals surface area contributed by atoms with E-state index in [0.29, 0.717) is 17.9 Å². The highest BCUT2D eigenvalue weighted by Gasteiger charge is 2.12. The predicted octanol–water partition coefficient (Wildman–Crippen LogP) is 3.71. The lowest BCUT2D eigenvalue weighted by Crippen LogP contribution is -2.42. The van der Waals surface area contributed by atoms with Crippen LogP contribution in [0.2, 0.25) is 0 Å². The third-order valence-corrected chi connectivity index (χ3v) is 3.65. The second kappa shape index (κ2) is 9.32. The van der Waals surface area contributed by atoms with Crippen LogP contribution < -0.4 is 10.1 Å². The van der Waals surface area contributed by atoms with Gasteiger partial charge in [0.1, 0.15) is 18.5 Å². The number of ether oxygens (including phenoxy) is 1. The van der Waals surface area contributed by atoms with E-state index in [9.17, 15) is 9.90 Å². The Hall–Kier alpha value is -2.43. The first-order valence-electron chi connectivity index (χ1n) is 8.77. The van der Waals surface area contributed by atoms with Crippen LogP contribution in [0.4, 0.5) is 0 Å². The summed E-state index contributed by atoms with van der Waals surface area (Å²) >= 11 is 0. The monoisotopic (exact) mass is 353 g/mol. The van der Waals surface area contributed by atoms with Crippen molar-refractivity contribution in [2.45, 2.75) is 32.4 Å². The highest BCUT2D eigenvalue weighted by Crippen LogP contribution is 2.15. The fourth-order valence-electron chi connectivity index (χ4n) is 2.25. The largest absolute Gasteiger partial charge is 0.491 e. The molecule has 0 aliphatic rings. The summed E-state index contributed by atoms with van der Waals surface area (Å²) in [6, 6.07) is 16.6. The summed E-state index contributed by atoms with van der Waals surface area (Å²) in [5.41, 5.74) is 1.48. The number of hydrogen-bond donors (Lipinski definition) is 2. The average molecular weight is 353 g/mol. The molecule has 138 valence electrons. The van der Waals surface area contributed by atoms with Gasteiger partial charge in [0, 0.05) is 17.6 Å². The van der Waals surface area contributed by atoms with E-state index in [1.165, 1.54) is 0 Å². The van der Waals surface area contributed by atoms with Gasteiger partial charge in [-0.25, -0.2) is 0 Å². The molecule has 0 amide bonds. The molecule has 0 saturated carbocycles. The maximum Gasteiger partial charge on any atom is 0.185 e. The van der Waals surface area contributed by atoms with Crippen molar-refractivity contribution >= 4 is 11.9 Å². The topological polar surface area (TPSA) is 58.6 Å². The lowest BCUT2D eigenvalue weighted by molar-refractivity contribution is 0.100. The number of hydrogen-bond acceptors (Lipinski definition) is 4. The van der Waals surface area contributed by atoms with Crippen molar-refractivity contribution in [1.29, 1.82) is 0 Å². The molecular weight excluding hydrogens is 326 g/mol. The van der Waals surface area contributed by atoms with Gasteiger partial charge in [-0.3, -0.25) is 4.79 Å². The Morgan fingerprint density at radius 2 is 1.88 bits per heavy atom. The molecule has 0 aliphatic carbocycles. The van der Waals surface area contributed by atoms with Crippen LogP contribution in [0.3, 0.4) is 0 Å². The van der Waals surface area contributed by atoms with Gasteiger partial charge in [-0.2, -0.15) is 0 Å². The first-order valence-corrected chi connectivity index (χ1v) is 8.77. The standard InChI is InChI=1S/C22H27NO3/c1-22(2,3)23-15-19(24)16-26-20-11-7-8-17(14-20)12-13-21(25)18-9-5-4-6-10-18/h4-14,19,23-24H,15-16H2,1-3H3/b13-12+. The van der Waals surface area contributed by atoms with Crippen LogP contribution in [0.5, 0.6) is 5.75 Å². The Bertz CT molecular complexity index is 733. The zero-order valence-corrected chi connectivity index (χ0v) is 15.6. The molecule has 0 radical (unpaired) electrons. The molecule has 0 aromatic heterocycles. The first kappa shape index (κ1) is 19.9. The minimum Gasteiger partial charge on any atom is -0.491 e. The van der Waals surface area contributed by atoms with Crippen molar-refractivity contribution in [2.75, 3.05) is 13.2 Å². The van der Waals surface area contributed by atoms with Crippen molar-refractivity contribution in [3.63, 3.8) is 0 Å². The summed E-state index contributed by atoms with van der Waals surface area (Å²) in [5.74, 6) is 0.620. The van der Waals surface area contributed by atoms with Gasteiger partial charge in [0.15, 0.2) is 5.78 Å². The van der Waals surface area contributed by atoms with Crippen LogP contribution in [0, 0.1) is 0 Å². The summed E-state index contributed by atoms with van der Waals surface area (Å²) in [5, 5.41) is 13.2. The second-order valence-electron chi connectivity index (χ2n) is 7.23. The number of ketones is 1. The lowest BCUT2D eigenvalue weighted by atomic mass is 10.1. The Morgan fingerprint density at radius 3 is 2.58 bits per heavy atom. The average Bonchev–Trinajstić information content (AvgIpc) is 2.63. The van der Waals surface area contributed by atoms with Gasteiger partial charge in [-0.05, 0) is 44.5 Å². The molecule has 4 heteroatoms. The van der Waals surface area contributed by atoms with Gasteiger partial charge in [-0.15, -0.1) is 0 Å². The molecule has 0 fully saturated rings. The third-order valence-electron chi connectivity index (χ3n) is 3.65. The number of allylic oxidation sites excluding steroid dienone is 1. The van der Waals surface area contributed by atoms with E-state index in [1.54, 1.807) is 24.3 Å². The molecule has 1 unspecified atom stereocenters. The number of rotatable bonds is 8. The van der Waals surface area contributed by atoms with Crippen LogP contribution in [0.15, 0.2) is 60.7 Å². The van der Waals surface area contributed by atoms with Crippen molar-refractivity contribution < 1.29 is 14.6 Å². The summed E-state index contributed by atoms with van der Waals surface area (Å²) in [4.78, 5) is 12.1. The van der Waals surface area contributed by atoms with Gasteiger partial charge in [0.25, 0.3) is 0 Å². The molecule has 0 spiro atoms. The summed E-state index contributed by atoms with van der Waals surface area (Å²) in [7, 11) is 0. The smallest absolute Gasteiger partial charge is 0.185 e. The molecule has 2 aromatic rings. The number of aliphatic hydroxyl groups is 1. The molecule has 0 heterocycles. The summed E-state index contributed by atoms with van der Waals surface area (Å²) in [6.07, 6.45) is 2.73. The van der Waals surface area contributed by atoms with Gasteiger partial charge >= 0.3 is 0 Å². The van der Waals surface area contributed by atoms with Crippen molar-refractivity contribution in [1.82, 2.24) is 5.32 Å². The molecule has 0 saturated heterocycles. The second-order valence-corrected chi connectivity index (χ2v) is 7.23. The molecule has 2 rings (SSSR count). The van der Waals surface area contributed by atoms with Gasteiger partial charge in [-0.1, -0.05) is 48.5 Å². The fourth-order valence-corrected chi connectivity index (χ4v) is 2.25. The number of aliphatic hydroxyl groups excluding tert-OH is 1. The molecular formula is C22H27NO3. The highest BCUT2D eigenvalue weighted by atomic mass is 16.5. The Morgan fingerprint density at radius 1 is 1.15 bits per heavy atom. The quantitative estimate of drug-likeness (QED) is 0.561. The molecule has 0 bridgehead atoms. The van der Waals surface area contributed by atoms with Crippen LogP contribution >= 0.6 is 0 Å². The lowest BCUT2D eigenvalue weighted by Gasteiger charge is -2.23. The van der Waals surface area contributed by atoms with E-state index in [4.69, 9.17) is 4.74 Å². The number of benzene rings is 2. The number of carbonyl (C=O) groups is 1. The number of nitrogens with one attached hydrogen (secondary N) is 1. The summed E-state index contributed by atoms with van der Waals surface area (Å²) < 4.78 is 5.66. The molecule has 2 aromatic carbocycles. The van der Waals surface area contributed by atoms with Gasteiger partial charge < -0.3 is 15.2 Å². The van der Waals surface area contributed by atoms with E-state index >= 15 is 0 Å². The van der Waals surface area contributed by atoms with E-state index < -0.39 is 6.10 Å². The zero-order valence-electron chi connectivity index (χ0n) is 15.6. The minimum absolute atomic E-state index is 0.0411. The van der Waals surface area contributed by atoms with Crippen LogP contribution in [0.25, 0.3) is 6.08 Å². The molecule has 2 N–H and O–H groups in total. The van der Waals surface area contributed by atoms with Crippen LogP contribution in [0.1, 0.15) is 36.7 Å². The zero-order chi connectivity index (χ0) is 19.0. The molecule has 1 atom stereocenters. The van der Waals surface area contributed by atoms with Crippen LogP contribution in [-0.4, -0.2) is 35.7 Å². The maximum absolute atomic E-state index is 12.1. The highest BCUT2D eigenvalue weighted by molar-refractivity contribution is 6.06. The predicted molar refractivity (Wildman–Crippen MR) is 106 cm³/mol. The van der Waals surface area contributed by atoms with E-state index in [0.717, 1.165) is 5.56 Å². The van der Waals surface area contributed by atoms with Crippen molar-refractivity contribution in [2.24, 2.45) is 0 Å². The number of β-amino-alcohol motifs (C(OH)–C–C–N with tert-alkyl or cyclic N) is 1. The van der Waals surface area contributed by atoms with E-state index in [2.05, 4.69) is 5.32 Å². The Labute approximate surface area is 155 Å². The number of carbonyl (C=O) groups excluding carboxylic acids is 1. The van der Waals surface area contributed by atoms with Crippen molar-refractivity contribution in [3.8, 4) is 5.75 Å². The van der Waals surface area contributed by atoms with E-state index in [-0.39, 0.29) is 17.9 Å².